The zero-order valence-corrected chi connectivity index (χ0v) is 17.6. The number of hydrogen-bond donors (Lipinski definition) is 0. The number of rotatable bonds is 5. The molecule has 2 heterocycles. The van der Waals surface area contributed by atoms with Gasteiger partial charge in [0.05, 0.1) is 10.9 Å². The van der Waals surface area contributed by atoms with Crippen molar-refractivity contribution in [1.82, 2.24) is 0 Å². The summed E-state index contributed by atoms with van der Waals surface area (Å²) in [6.07, 6.45) is 3.72. The van der Waals surface area contributed by atoms with Gasteiger partial charge in [0.15, 0.2) is 23.5 Å². The van der Waals surface area contributed by atoms with Gasteiger partial charge in [0.25, 0.3) is 0 Å². The Bertz CT molecular complexity index is 1240. The van der Waals surface area contributed by atoms with E-state index in [-0.39, 0.29) is 5.92 Å². The van der Waals surface area contributed by atoms with Crippen molar-refractivity contribution in [2.24, 2.45) is 0 Å². The van der Waals surface area contributed by atoms with Gasteiger partial charge in [-0.15, -0.1) is 0 Å². The number of fused-ring (bicyclic) bond motifs is 1. The zero-order valence-electron chi connectivity index (χ0n) is 17.6. The van der Waals surface area contributed by atoms with Gasteiger partial charge in [-0.25, -0.2) is 13.8 Å². The highest BCUT2D eigenvalue weighted by atomic mass is 19.2. The van der Waals surface area contributed by atoms with Gasteiger partial charge in [0, 0.05) is 24.5 Å². The van der Waals surface area contributed by atoms with Gasteiger partial charge < -0.3 is 9.47 Å². The van der Waals surface area contributed by atoms with Crippen LogP contribution in [0.1, 0.15) is 30.0 Å². The van der Waals surface area contributed by atoms with Gasteiger partial charge in [-0.05, 0) is 42.2 Å². The quantitative estimate of drug-likeness (QED) is 0.383. The van der Waals surface area contributed by atoms with Gasteiger partial charge in [0.2, 0.25) is 0 Å². The number of H-pyrrole nitrogens is 1. The minimum absolute atomic E-state index is 0.255. The minimum Gasteiger partial charge on any atom is -0.488 e. The number of hydrogen-bond acceptors (Lipinski definition) is 2. The summed E-state index contributed by atoms with van der Waals surface area (Å²) < 4.78 is 39.6. The molecule has 0 spiro atoms. The molecule has 0 unspecified atom stereocenters. The van der Waals surface area contributed by atoms with E-state index in [2.05, 4.69) is 4.98 Å². The number of aromatic nitrogens is 1. The number of nitrogens with one attached hydrogen (secondary N) is 1. The average Bonchev–Trinajstić information content (AvgIpc) is 2.85. The summed E-state index contributed by atoms with van der Waals surface area (Å²) in [5.41, 5.74) is 3.63. The van der Waals surface area contributed by atoms with Crippen molar-refractivity contribution in [1.29, 1.82) is 0 Å². The maximum atomic E-state index is 14.2. The van der Waals surface area contributed by atoms with Crippen molar-refractivity contribution >= 4 is 10.8 Å². The molecule has 0 aliphatic carbocycles. The lowest BCUT2D eigenvalue weighted by Gasteiger charge is -2.21. The van der Waals surface area contributed by atoms with E-state index < -0.39 is 11.6 Å². The topological polar surface area (TPSA) is 32.6 Å². The fourth-order valence-electron chi connectivity index (χ4n) is 4.41. The summed E-state index contributed by atoms with van der Waals surface area (Å²) in [6.45, 7) is 1.82. The molecule has 0 amide bonds. The maximum absolute atomic E-state index is 14.2. The summed E-state index contributed by atoms with van der Waals surface area (Å²) in [5, 5.41) is 1.85. The summed E-state index contributed by atoms with van der Waals surface area (Å²) in [5.74, 6) is -0.707. The Morgan fingerprint density at radius 3 is 2.47 bits per heavy atom. The van der Waals surface area contributed by atoms with Crippen LogP contribution in [0.2, 0.25) is 0 Å². The molecule has 0 atom stereocenters. The highest BCUT2D eigenvalue weighted by Gasteiger charge is 2.28. The van der Waals surface area contributed by atoms with Crippen LogP contribution >= 0.6 is 0 Å². The standard InChI is InChI=1S/C27H23F2NO2/c28-23-10-9-20(15-24(23)29)26-21-7-4-8-25(32-17-18-5-2-1-3-6-18)22(21)16-30-27(26)19-11-13-31-14-12-19/h1-10,15-16,19H,11-14,17H2/p+1. The first-order valence-corrected chi connectivity index (χ1v) is 10.9. The largest absolute Gasteiger partial charge is 0.488 e. The summed E-state index contributed by atoms with van der Waals surface area (Å²) in [4.78, 5) is 3.47. The summed E-state index contributed by atoms with van der Waals surface area (Å²) in [6, 6.07) is 20.0. The zero-order chi connectivity index (χ0) is 21.9. The van der Waals surface area contributed by atoms with Crippen LogP contribution in [0.25, 0.3) is 21.9 Å². The number of aromatic amines is 1. The highest BCUT2D eigenvalue weighted by molar-refractivity contribution is 5.99. The lowest BCUT2D eigenvalue weighted by Crippen LogP contribution is -2.23. The van der Waals surface area contributed by atoms with Gasteiger partial charge in [-0.2, -0.15) is 0 Å². The summed E-state index contributed by atoms with van der Waals surface area (Å²) in [7, 11) is 0. The van der Waals surface area contributed by atoms with Crippen molar-refractivity contribution in [3.8, 4) is 16.9 Å². The smallest absolute Gasteiger partial charge is 0.191 e. The molecule has 3 aromatic carbocycles. The Kier molecular flexibility index (Phi) is 5.82. The fourth-order valence-corrected chi connectivity index (χ4v) is 4.41. The van der Waals surface area contributed by atoms with E-state index in [1.165, 1.54) is 12.1 Å². The molecule has 32 heavy (non-hydrogen) atoms. The monoisotopic (exact) mass is 432 g/mol. The molecule has 5 rings (SSSR count). The normalized spacial score (nSPS) is 14.6. The van der Waals surface area contributed by atoms with E-state index in [1.807, 2.05) is 54.7 Å². The third kappa shape index (κ3) is 4.08. The Morgan fingerprint density at radius 2 is 1.69 bits per heavy atom. The molecule has 1 aliphatic heterocycles. The molecule has 0 radical (unpaired) electrons. The molecule has 3 nitrogen and oxygen atoms in total. The van der Waals surface area contributed by atoms with E-state index in [1.54, 1.807) is 6.07 Å². The first-order chi connectivity index (χ1) is 15.7. The van der Waals surface area contributed by atoms with E-state index in [9.17, 15) is 8.78 Å². The molecule has 0 bridgehead atoms. The van der Waals surface area contributed by atoms with Crippen LogP contribution in [0.4, 0.5) is 8.78 Å². The van der Waals surface area contributed by atoms with Gasteiger partial charge in [0.1, 0.15) is 12.4 Å². The molecule has 1 saturated heterocycles. The lowest BCUT2D eigenvalue weighted by atomic mass is 9.87. The van der Waals surface area contributed by atoms with E-state index in [4.69, 9.17) is 9.47 Å². The van der Waals surface area contributed by atoms with Crippen molar-refractivity contribution in [2.45, 2.75) is 25.4 Å². The van der Waals surface area contributed by atoms with Gasteiger partial charge >= 0.3 is 0 Å². The van der Waals surface area contributed by atoms with Crippen molar-refractivity contribution in [3.63, 3.8) is 0 Å². The maximum Gasteiger partial charge on any atom is 0.191 e. The molecular formula is C27H24F2NO2+. The van der Waals surface area contributed by atoms with Crippen molar-refractivity contribution in [3.05, 3.63) is 95.8 Å². The molecule has 5 heteroatoms. The predicted molar refractivity (Wildman–Crippen MR) is 119 cm³/mol. The van der Waals surface area contributed by atoms with Crippen LogP contribution in [-0.4, -0.2) is 13.2 Å². The van der Waals surface area contributed by atoms with Crippen LogP contribution in [0.5, 0.6) is 5.75 Å². The third-order valence-electron chi connectivity index (χ3n) is 6.05. The second-order valence-corrected chi connectivity index (χ2v) is 8.08. The highest BCUT2D eigenvalue weighted by Crippen LogP contribution is 2.39. The first-order valence-electron chi connectivity index (χ1n) is 10.9. The predicted octanol–water partition coefficient (Wildman–Crippen LogP) is 6.07. The molecular weight excluding hydrogens is 408 g/mol. The van der Waals surface area contributed by atoms with E-state index in [0.29, 0.717) is 25.4 Å². The van der Waals surface area contributed by atoms with E-state index >= 15 is 0 Å². The van der Waals surface area contributed by atoms with Crippen LogP contribution in [0, 0.1) is 11.6 Å². The van der Waals surface area contributed by atoms with E-state index in [0.717, 1.165) is 46.2 Å². The molecule has 162 valence electrons. The van der Waals surface area contributed by atoms with Crippen LogP contribution in [0.3, 0.4) is 0 Å². The number of ether oxygens (including phenoxy) is 2. The molecule has 1 N–H and O–H groups in total. The number of benzene rings is 3. The lowest BCUT2D eigenvalue weighted by molar-refractivity contribution is -0.391. The van der Waals surface area contributed by atoms with Gasteiger partial charge in [-0.1, -0.05) is 48.5 Å². The molecule has 0 saturated carbocycles. The second-order valence-electron chi connectivity index (χ2n) is 8.08. The van der Waals surface area contributed by atoms with Crippen LogP contribution in [0.15, 0.2) is 72.9 Å². The first kappa shape index (κ1) is 20.6. The fraction of sp³-hybridized carbons (Fsp3) is 0.222. The SMILES string of the molecule is Fc1ccc(-c2c(C3CCOCC3)[nH+]cc3c(OCc4ccccc4)cccc23)cc1F. The second kappa shape index (κ2) is 9.05. The molecule has 1 fully saturated rings. The Hall–Kier alpha value is -3.31. The Morgan fingerprint density at radius 1 is 0.875 bits per heavy atom. The molecule has 4 aromatic rings. The average molecular weight is 432 g/mol. The minimum atomic E-state index is -0.853. The van der Waals surface area contributed by atoms with Crippen LogP contribution in [-0.2, 0) is 11.3 Å². The molecule has 1 aromatic heterocycles. The van der Waals surface area contributed by atoms with Crippen LogP contribution < -0.4 is 9.72 Å². The third-order valence-corrected chi connectivity index (χ3v) is 6.05. The van der Waals surface area contributed by atoms with Crippen molar-refractivity contribution < 1.29 is 23.2 Å². The number of halogens is 2. The summed E-state index contributed by atoms with van der Waals surface area (Å²) >= 11 is 0. The van der Waals surface area contributed by atoms with Gasteiger partial charge in [-0.3, -0.25) is 0 Å². The van der Waals surface area contributed by atoms with Crippen molar-refractivity contribution in [2.75, 3.05) is 13.2 Å². The Balaban J connectivity index is 1.63. The number of pyridine rings is 1. The Labute approximate surface area is 185 Å². The molecule has 1 aliphatic rings.